The van der Waals surface area contributed by atoms with Crippen molar-refractivity contribution >= 4 is 17.9 Å². The topological polar surface area (TPSA) is 78.9 Å². The molecule has 0 aliphatic carbocycles. The smallest absolute Gasteiger partial charge is 0.306 e. The van der Waals surface area contributed by atoms with Gasteiger partial charge in [-0.3, -0.25) is 14.4 Å². The molecule has 0 fully saturated rings. The minimum Gasteiger partial charge on any atom is -0.462 e. The Bertz CT molecular complexity index is 1920. The molecule has 6 heteroatoms. The molecule has 6 nitrogen and oxygen atoms in total. The highest BCUT2D eigenvalue weighted by molar-refractivity contribution is 5.71. The lowest BCUT2D eigenvalue weighted by Gasteiger charge is -2.18. The molecule has 0 aromatic heterocycles. The summed E-state index contributed by atoms with van der Waals surface area (Å²) in [6.07, 6.45) is 102. The van der Waals surface area contributed by atoms with Crippen molar-refractivity contribution in [1.82, 2.24) is 0 Å². The van der Waals surface area contributed by atoms with Crippen molar-refractivity contribution in [2.24, 2.45) is 0 Å². The van der Waals surface area contributed by atoms with E-state index in [2.05, 4.69) is 203 Å². The Labute approximate surface area is 504 Å². The Kier molecular flexibility index (Phi) is 63.5. The number of allylic oxidation sites excluding steroid dienone is 30. The molecule has 0 rings (SSSR count). The third-order valence-electron chi connectivity index (χ3n) is 13.1. The number of ether oxygens (including phenoxy) is 3. The van der Waals surface area contributed by atoms with E-state index in [1.165, 1.54) is 51.4 Å². The molecule has 0 bridgehead atoms. The predicted molar refractivity (Wildman–Crippen MR) is 357 cm³/mol. The van der Waals surface area contributed by atoms with E-state index in [0.717, 1.165) is 161 Å². The molecule has 0 aliphatic rings. The maximum atomic E-state index is 12.9. The van der Waals surface area contributed by atoms with Gasteiger partial charge in [-0.05, 0) is 154 Å². The molecule has 0 spiro atoms. The molecule has 0 aliphatic heterocycles. The third kappa shape index (κ3) is 65.3. The molecule has 0 N–H and O–H groups in total. The van der Waals surface area contributed by atoms with Gasteiger partial charge >= 0.3 is 17.9 Å². The summed E-state index contributed by atoms with van der Waals surface area (Å²) < 4.78 is 16.9. The largest absolute Gasteiger partial charge is 0.462 e. The average molecular weight is 1130 g/mol. The Morgan fingerprint density at radius 1 is 0.256 bits per heavy atom. The van der Waals surface area contributed by atoms with Gasteiger partial charge in [-0.25, -0.2) is 0 Å². The van der Waals surface area contributed by atoms with Crippen molar-refractivity contribution in [2.75, 3.05) is 13.2 Å². The van der Waals surface area contributed by atoms with Gasteiger partial charge in [-0.1, -0.05) is 267 Å². The average Bonchev–Trinajstić information content (AvgIpc) is 3.47. The molecule has 82 heavy (non-hydrogen) atoms. The van der Waals surface area contributed by atoms with Crippen molar-refractivity contribution in [3.05, 3.63) is 182 Å². The number of unbranched alkanes of at least 4 members (excludes halogenated alkanes) is 16. The second-order valence-corrected chi connectivity index (χ2v) is 20.9. The lowest BCUT2D eigenvalue weighted by Crippen LogP contribution is -2.30. The van der Waals surface area contributed by atoms with Crippen LogP contribution >= 0.6 is 0 Å². The first kappa shape index (κ1) is 76.5. The fraction of sp³-hybridized carbons (Fsp3) is 0.566. The van der Waals surface area contributed by atoms with Gasteiger partial charge in [-0.2, -0.15) is 0 Å². The summed E-state index contributed by atoms with van der Waals surface area (Å²) in [6, 6.07) is 0. The van der Waals surface area contributed by atoms with Crippen LogP contribution in [0.4, 0.5) is 0 Å². The molecular weight excluding hydrogens is 1010 g/mol. The molecule has 0 saturated heterocycles. The van der Waals surface area contributed by atoms with E-state index in [1.807, 2.05) is 0 Å². The summed E-state index contributed by atoms with van der Waals surface area (Å²) in [6.45, 7) is 6.31. The molecular formula is C76H118O6. The Balaban J connectivity index is 4.54. The first-order valence-electron chi connectivity index (χ1n) is 32.8. The van der Waals surface area contributed by atoms with E-state index in [-0.39, 0.29) is 37.5 Å². The number of hydrogen-bond acceptors (Lipinski definition) is 6. The maximum absolute atomic E-state index is 12.9. The highest BCUT2D eigenvalue weighted by atomic mass is 16.6. The van der Waals surface area contributed by atoms with Crippen LogP contribution in [0.2, 0.25) is 0 Å². The van der Waals surface area contributed by atoms with E-state index < -0.39 is 6.10 Å². The number of carbonyl (C=O) groups is 3. The van der Waals surface area contributed by atoms with E-state index >= 15 is 0 Å². The number of hydrogen-bond donors (Lipinski definition) is 0. The minimum atomic E-state index is -0.828. The maximum Gasteiger partial charge on any atom is 0.306 e. The van der Waals surface area contributed by atoms with E-state index in [4.69, 9.17) is 14.2 Å². The summed E-state index contributed by atoms with van der Waals surface area (Å²) in [5, 5.41) is 0. The third-order valence-corrected chi connectivity index (χ3v) is 13.1. The van der Waals surface area contributed by atoms with Crippen LogP contribution in [0.15, 0.2) is 182 Å². The van der Waals surface area contributed by atoms with Gasteiger partial charge in [-0.15, -0.1) is 0 Å². The lowest BCUT2D eigenvalue weighted by atomic mass is 10.1. The molecule has 0 heterocycles. The van der Waals surface area contributed by atoms with E-state index in [1.54, 1.807) is 0 Å². The van der Waals surface area contributed by atoms with Gasteiger partial charge in [0.2, 0.25) is 0 Å². The van der Waals surface area contributed by atoms with Gasteiger partial charge in [0.1, 0.15) is 13.2 Å². The van der Waals surface area contributed by atoms with Crippen molar-refractivity contribution in [1.29, 1.82) is 0 Å². The zero-order valence-electron chi connectivity index (χ0n) is 52.4. The van der Waals surface area contributed by atoms with Crippen LogP contribution < -0.4 is 0 Å². The van der Waals surface area contributed by atoms with Gasteiger partial charge in [0.25, 0.3) is 0 Å². The van der Waals surface area contributed by atoms with E-state index in [9.17, 15) is 14.4 Å². The first-order valence-corrected chi connectivity index (χ1v) is 32.8. The standard InChI is InChI=1S/C76H118O6/c1-4-7-10-13-16-19-22-25-28-31-33-34-35-36-37-38-39-40-41-42-43-46-48-51-54-57-60-63-66-69-75(78)81-72-73(71-80-74(77)68-65-62-59-56-53-50-47-44-30-27-24-21-18-15-12-9-6-3)82-76(79)70-67-64-61-58-55-52-49-45-32-29-26-23-20-17-14-11-8-5-2/h7,9-10,12,16,18-21,23,25,27-30,32-34,36-37,39-40,42-43,47-48,50-51,57,60,73H,4-6,8,11,13-15,17,22,24,26,31,35,38,41,44-46,49,52-56,58-59,61-72H2,1-3H3/b10-7-,12-9-,19-16-,21-18-,23-20-,28-25-,30-27-,32-29-,34-33-,37-36-,40-39-,43-42-,50-47-,51-48-,60-57-. The summed E-state index contributed by atoms with van der Waals surface area (Å²) in [7, 11) is 0. The van der Waals surface area contributed by atoms with Gasteiger partial charge < -0.3 is 14.2 Å². The number of carbonyl (C=O) groups excluding carboxylic acids is 3. The normalized spacial score (nSPS) is 13.4. The van der Waals surface area contributed by atoms with Gasteiger partial charge in [0.05, 0.1) is 0 Å². The van der Waals surface area contributed by atoms with Crippen molar-refractivity contribution in [2.45, 2.75) is 264 Å². The van der Waals surface area contributed by atoms with Crippen LogP contribution in [0.5, 0.6) is 0 Å². The molecule has 0 aromatic rings. The summed E-state index contributed by atoms with van der Waals surface area (Å²) in [5.41, 5.74) is 0. The highest BCUT2D eigenvalue weighted by Gasteiger charge is 2.19. The van der Waals surface area contributed by atoms with Crippen molar-refractivity contribution in [3.63, 3.8) is 0 Å². The Morgan fingerprint density at radius 2 is 0.488 bits per heavy atom. The van der Waals surface area contributed by atoms with Gasteiger partial charge in [0, 0.05) is 19.3 Å². The minimum absolute atomic E-state index is 0.121. The zero-order chi connectivity index (χ0) is 59.2. The van der Waals surface area contributed by atoms with Crippen LogP contribution in [-0.4, -0.2) is 37.2 Å². The Hall–Kier alpha value is -5.49. The molecule has 0 amide bonds. The summed E-state index contributed by atoms with van der Waals surface area (Å²) in [5.74, 6) is -1.02. The van der Waals surface area contributed by atoms with Crippen LogP contribution in [-0.2, 0) is 28.6 Å². The Morgan fingerprint density at radius 3 is 0.793 bits per heavy atom. The van der Waals surface area contributed by atoms with Gasteiger partial charge in [0.15, 0.2) is 6.10 Å². The zero-order valence-corrected chi connectivity index (χ0v) is 52.4. The molecule has 0 aromatic carbocycles. The lowest BCUT2D eigenvalue weighted by molar-refractivity contribution is -0.167. The molecule has 0 saturated carbocycles. The van der Waals surface area contributed by atoms with Crippen LogP contribution in [0.3, 0.4) is 0 Å². The fourth-order valence-electron chi connectivity index (χ4n) is 8.29. The predicted octanol–water partition coefficient (Wildman–Crippen LogP) is 22.8. The van der Waals surface area contributed by atoms with E-state index in [0.29, 0.717) is 19.3 Å². The van der Waals surface area contributed by atoms with Crippen molar-refractivity contribution < 1.29 is 28.6 Å². The van der Waals surface area contributed by atoms with Crippen LogP contribution in [0.25, 0.3) is 0 Å². The molecule has 1 atom stereocenters. The second kappa shape index (κ2) is 68.0. The molecule has 1 unspecified atom stereocenters. The summed E-state index contributed by atoms with van der Waals surface area (Å²) in [4.78, 5) is 38.3. The summed E-state index contributed by atoms with van der Waals surface area (Å²) >= 11 is 0. The first-order chi connectivity index (χ1) is 40.5. The highest BCUT2D eigenvalue weighted by Crippen LogP contribution is 2.13. The van der Waals surface area contributed by atoms with Crippen molar-refractivity contribution in [3.8, 4) is 0 Å². The monoisotopic (exact) mass is 1130 g/mol. The molecule has 458 valence electrons. The second-order valence-electron chi connectivity index (χ2n) is 20.9. The quantitative estimate of drug-likeness (QED) is 0.0261. The SMILES string of the molecule is CC/C=C\C/C=C\C/C=C\C/C=C\C/C=C\C/C=C\C/C=C\C/C=C\C/C=C\CCCC(=O)OCC(COC(=O)CCCCCC/C=C\C/C=C\C/C=C\C/C=C\CC)OC(=O)CCCCCCCCC/C=C\C/C=C\CCCCCC. The number of esters is 3. The van der Waals surface area contributed by atoms with Crippen LogP contribution in [0, 0.1) is 0 Å². The number of rotatable bonds is 57. The molecule has 0 radical (unpaired) electrons. The van der Waals surface area contributed by atoms with Crippen LogP contribution in [0.1, 0.15) is 258 Å². The fourth-order valence-corrected chi connectivity index (χ4v) is 8.29.